The lowest BCUT2D eigenvalue weighted by Crippen LogP contribution is -2.49. The Kier molecular flexibility index (Phi) is 3.74. The maximum Gasteiger partial charge on any atom is 0.513 e. The number of esters is 1. The van der Waals surface area contributed by atoms with Crippen LogP contribution in [-0.4, -0.2) is 50.1 Å². The van der Waals surface area contributed by atoms with E-state index in [2.05, 4.69) is 4.74 Å². The lowest BCUT2D eigenvalue weighted by atomic mass is 10.0. The fraction of sp³-hybridized carbons (Fsp3) is 0.333. The smallest absolute Gasteiger partial charge is 0.481 e. The molecule has 0 bridgehead atoms. The molecule has 0 radical (unpaired) electrons. The second-order valence-corrected chi connectivity index (χ2v) is 2.39. The van der Waals surface area contributed by atoms with E-state index in [-0.39, 0.29) is 0 Å². The average Bonchev–Trinajstić information content (AvgIpc) is 2.00. The van der Waals surface area contributed by atoms with Crippen LogP contribution in [-0.2, 0) is 19.1 Å². The minimum Gasteiger partial charge on any atom is -0.481 e. The standard InChI is InChI=1S/C6H6O9/c7-2(8)1-6(14,3(9)10)4(11)15-5(12)13/h14H,1H2,(H,7,8)(H,9,10)(H,12,13). The van der Waals surface area contributed by atoms with Gasteiger partial charge in [0.1, 0.15) is 0 Å². The van der Waals surface area contributed by atoms with Gasteiger partial charge in [-0.15, -0.1) is 0 Å². The predicted molar refractivity (Wildman–Crippen MR) is 39.0 cm³/mol. The Balaban J connectivity index is 4.94. The van der Waals surface area contributed by atoms with Crippen LogP contribution >= 0.6 is 0 Å². The van der Waals surface area contributed by atoms with Gasteiger partial charge in [0.2, 0.25) is 0 Å². The largest absolute Gasteiger partial charge is 0.513 e. The number of hydrogen-bond acceptors (Lipinski definition) is 6. The lowest BCUT2D eigenvalue weighted by molar-refractivity contribution is -0.181. The number of hydrogen-bond donors (Lipinski definition) is 4. The Morgan fingerprint density at radius 1 is 1.07 bits per heavy atom. The van der Waals surface area contributed by atoms with E-state index in [0.29, 0.717) is 0 Å². The van der Waals surface area contributed by atoms with Gasteiger partial charge in [0.05, 0.1) is 6.42 Å². The fourth-order valence-electron chi connectivity index (χ4n) is 0.618. The van der Waals surface area contributed by atoms with Crippen LogP contribution in [0, 0.1) is 0 Å². The molecule has 0 heterocycles. The topological polar surface area (TPSA) is 158 Å². The summed E-state index contributed by atoms with van der Waals surface area (Å²) in [4.78, 5) is 41.1. The number of carbonyl (C=O) groups excluding carboxylic acids is 1. The van der Waals surface area contributed by atoms with Crippen molar-refractivity contribution >= 4 is 24.1 Å². The third kappa shape index (κ3) is 3.23. The van der Waals surface area contributed by atoms with Gasteiger partial charge in [-0.2, -0.15) is 0 Å². The van der Waals surface area contributed by atoms with E-state index in [4.69, 9.17) is 20.4 Å². The molecule has 0 aliphatic rings. The summed E-state index contributed by atoms with van der Waals surface area (Å²) in [6.07, 6.45) is -3.65. The summed E-state index contributed by atoms with van der Waals surface area (Å²) in [5, 5.41) is 33.6. The number of aliphatic carboxylic acids is 2. The Hall–Kier alpha value is -2.16. The van der Waals surface area contributed by atoms with Crippen LogP contribution < -0.4 is 0 Å². The van der Waals surface area contributed by atoms with Gasteiger partial charge >= 0.3 is 24.1 Å². The first-order chi connectivity index (χ1) is 6.70. The number of carboxylic acids is 2. The Labute approximate surface area is 81.5 Å². The van der Waals surface area contributed by atoms with Crippen molar-refractivity contribution < 1.29 is 44.3 Å². The highest BCUT2D eigenvalue weighted by molar-refractivity contribution is 6.07. The second kappa shape index (κ2) is 4.37. The molecule has 4 N–H and O–H groups in total. The van der Waals surface area contributed by atoms with E-state index in [0.717, 1.165) is 0 Å². The fourth-order valence-corrected chi connectivity index (χ4v) is 0.618. The molecule has 0 aromatic rings. The quantitative estimate of drug-likeness (QED) is 0.327. The van der Waals surface area contributed by atoms with Crippen molar-refractivity contribution in [3.8, 4) is 0 Å². The van der Waals surface area contributed by atoms with Crippen molar-refractivity contribution in [1.82, 2.24) is 0 Å². The molecule has 0 aromatic carbocycles. The van der Waals surface area contributed by atoms with Crippen molar-refractivity contribution in [2.45, 2.75) is 12.0 Å². The molecule has 84 valence electrons. The van der Waals surface area contributed by atoms with Crippen LogP contribution in [0.2, 0.25) is 0 Å². The number of carboxylic acid groups (broad SMARTS) is 3. The molecule has 0 saturated carbocycles. The Bertz CT molecular complexity index is 319. The highest BCUT2D eigenvalue weighted by Gasteiger charge is 2.49. The molecule has 0 saturated heterocycles. The molecule has 9 nitrogen and oxygen atoms in total. The zero-order valence-electron chi connectivity index (χ0n) is 7.04. The maximum absolute atomic E-state index is 10.8. The third-order valence-electron chi connectivity index (χ3n) is 1.28. The molecule has 0 fully saturated rings. The van der Waals surface area contributed by atoms with Crippen LogP contribution in [0.15, 0.2) is 0 Å². The summed E-state index contributed by atoms with van der Waals surface area (Å²) in [5.74, 6) is -6.09. The molecule has 0 rings (SSSR count). The van der Waals surface area contributed by atoms with Gasteiger partial charge in [-0.25, -0.2) is 14.4 Å². The second-order valence-electron chi connectivity index (χ2n) is 2.39. The van der Waals surface area contributed by atoms with Gasteiger partial charge < -0.3 is 25.2 Å². The van der Waals surface area contributed by atoms with Crippen LogP contribution in [0.25, 0.3) is 0 Å². The molecule has 1 unspecified atom stereocenters. The van der Waals surface area contributed by atoms with Crippen molar-refractivity contribution in [1.29, 1.82) is 0 Å². The summed E-state index contributed by atoms with van der Waals surface area (Å²) >= 11 is 0. The van der Waals surface area contributed by atoms with Crippen LogP contribution in [0.4, 0.5) is 4.79 Å². The van der Waals surface area contributed by atoms with E-state index in [1.54, 1.807) is 0 Å². The summed E-state index contributed by atoms with van der Waals surface area (Å²) in [6.45, 7) is 0. The Morgan fingerprint density at radius 3 is 1.80 bits per heavy atom. The molecule has 0 aliphatic carbocycles. The average molecular weight is 222 g/mol. The molecule has 0 aliphatic heterocycles. The van der Waals surface area contributed by atoms with Gasteiger partial charge in [0.25, 0.3) is 5.60 Å². The monoisotopic (exact) mass is 222 g/mol. The SMILES string of the molecule is O=C(O)CC(O)(C(=O)O)C(=O)OC(=O)O. The van der Waals surface area contributed by atoms with Gasteiger partial charge in [0, 0.05) is 0 Å². The van der Waals surface area contributed by atoms with Crippen molar-refractivity contribution in [2.75, 3.05) is 0 Å². The first-order valence-electron chi connectivity index (χ1n) is 3.33. The van der Waals surface area contributed by atoms with E-state index < -0.39 is 36.1 Å². The lowest BCUT2D eigenvalue weighted by Gasteiger charge is -2.17. The molecular weight excluding hydrogens is 216 g/mol. The van der Waals surface area contributed by atoms with E-state index >= 15 is 0 Å². The molecule has 15 heavy (non-hydrogen) atoms. The van der Waals surface area contributed by atoms with Crippen LogP contribution in [0.1, 0.15) is 6.42 Å². The molecule has 0 amide bonds. The van der Waals surface area contributed by atoms with Crippen molar-refractivity contribution in [2.24, 2.45) is 0 Å². The number of aliphatic hydroxyl groups is 1. The molecule has 0 spiro atoms. The highest BCUT2D eigenvalue weighted by atomic mass is 16.7. The summed E-state index contributed by atoms with van der Waals surface area (Å²) in [5.41, 5.74) is -3.41. The number of carbonyl (C=O) groups is 4. The third-order valence-corrected chi connectivity index (χ3v) is 1.28. The molecule has 0 aromatic heterocycles. The van der Waals surface area contributed by atoms with Crippen molar-refractivity contribution in [3.05, 3.63) is 0 Å². The minimum atomic E-state index is -3.41. The molecule has 9 heteroatoms. The van der Waals surface area contributed by atoms with Gasteiger partial charge in [-0.05, 0) is 0 Å². The van der Waals surface area contributed by atoms with E-state index in [9.17, 15) is 19.2 Å². The van der Waals surface area contributed by atoms with Gasteiger partial charge in [-0.1, -0.05) is 0 Å². The highest BCUT2D eigenvalue weighted by Crippen LogP contribution is 2.13. The van der Waals surface area contributed by atoms with E-state index in [1.165, 1.54) is 0 Å². The van der Waals surface area contributed by atoms with E-state index in [1.807, 2.05) is 0 Å². The molecule has 1 atom stereocenters. The van der Waals surface area contributed by atoms with Gasteiger partial charge in [0.15, 0.2) is 0 Å². The molecular formula is C6H6O9. The summed E-state index contributed by atoms with van der Waals surface area (Å²) in [7, 11) is 0. The summed E-state index contributed by atoms with van der Waals surface area (Å²) in [6, 6.07) is 0. The minimum absolute atomic E-state index is 1.51. The predicted octanol–water partition coefficient (Wildman–Crippen LogP) is -1.50. The Morgan fingerprint density at radius 2 is 1.53 bits per heavy atom. The maximum atomic E-state index is 10.8. The van der Waals surface area contributed by atoms with Crippen LogP contribution in [0.5, 0.6) is 0 Å². The number of rotatable bonds is 4. The number of ether oxygens (including phenoxy) is 1. The summed E-state index contributed by atoms with van der Waals surface area (Å²) < 4.78 is 3.36. The normalized spacial score (nSPS) is 13.7. The zero-order valence-corrected chi connectivity index (χ0v) is 7.04. The van der Waals surface area contributed by atoms with Crippen molar-refractivity contribution in [3.63, 3.8) is 0 Å². The van der Waals surface area contributed by atoms with Crippen LogP contribution in [0.3, 0.4) is 0 Å². The first kappa shape index (κ1) is 12.8. The first-order valence-corrected chi connectivity index (χ1v) is 3.33. The zero-order chi connectivity index (χ0) is 12.2. The van der Waals surface area contributed by atoms with Gasteiger partial charge in [-0.3, -0.25) is 4.79 Å².